The number of carbonyl (C=O) groups is 1. The van der Waals surface area contributed by atoms with Crippen molar-refractivity contribution in [3.05, 3.63) is 39.4 Å². The summed E-state index contributed by atoms with van der Waals surface area (Å²) in [7, 11) is 0. The first kappa shape index (κ1) is 13.0. The number of nitro groups is 1. The van der Waals surface area contributed by atoms with Crippen molar-refractivity contribution in [2.24, 2.45) is 0 Å². The summed E-state index contributed by atoms with van der Waals surface area (Å²) in [5.74, 6) is -3.45. The van der Waals surface area contributed by atoms with E-state index in [0.29, 0.717) is 25.1 Å². The summed E-state index contributed by atoms with van der Waals surface area (Å²) in [6, 6.07) is 0.925. The number of nitro benzene ring substituents is 1. The number of amides is 1. The Bertz CT molecular complexity index is 463. The molecule has 0 aliphatic heterocycles. The molecule has 17 heavy (non-hydrogen) atoms. The number of carbonyl (C=O) groups excluding carboxylic acids is 1. The van der Waals surface area contributed by atoms with Gasteiger partial charge in [0.05, 0.1) is 11.0 Å². The van der Waals surface area contributed by atoms with Gasteiger partial charge in [0, 0.05) is 6.54 Å². The van der Waals surface area contributed by atoms with Crippen molar-refractivity contribution in [2.45, 2.75) is 13.3 Å². The first-order valence-electron chi connectivity index (χ1n) is 4.89. The van der Waals surface area contributed by atoms with Crippen LogP contribution in [0.4, 0.5) is 14.5 Å². The molecule has 0 atom stereocenters. The second-order valence-corrected chi connectivity index (χ2v) is 3.30. The van der Waals surface area contributed by atoms with E-state index in [9.17, 15) is 23.7 Å². The molecule has 0 fully saturated rings. The third-order valence-electron chi connectivity index (χ3n) is 2.02. The largest absolute Gasteiger partial charge is 0.352 e. The lowest BCUT2D eigenvalue weighted by molar-refractivity contribution is -0.385. The van der Waals surface area contributed by atoms with Crippen LogP contribution in [-0.2, 0) is 0 Å². The van der Waals surface area contributed by atoms with Gasteiger partial charge in [0.25, 0.3) is 11.6 Å². The van der Waals surface area contributed by atoms with Crippen molar-refractivity contribution < 1.29 is 18.5 Å². The number of nitrogens with one attached hydrogen (secondary N) is 1. The topological polar surface area (TPSA) is 72.2 Å². The van der Waals surface area contributed by atoms with Gasteiger partial charge in [0.15, 0.2) is 11.6 Å². The van der Waals surface area contributed by atoms with E-state index in [2.05, 4.69) is 5.32 Å². The maximum Gasteiger partial charge on any atom is 0.285 e. The Balaban J connectivity index is 3.16. The van der Waals surface area contributed by atoms with Gasteiger partial charge in [-0.3, -0.25) is 14.9 Å². The van der Waals surface area contributed by atoms with Crippen molar-refractivity contribution in [2.75, 3.05) is 6.54 Å². The fraction of sp³-hybridized carbons (Fsp3) is 0.300. The lowest BCUT2D eigenvalue weighted by Crippen LogP contribution is -2.25. The zero-order valence-corrected chi connectivity index (χ0v) is 9.00. The Hall–Kier alpha value is -2.05. The molecule has 92 valence electrons. The summed E-state index contributed by atoms with van der Waals surface area (Å²) >= 11 is 0. The molecular formula is C10H10F2N2O3. The van der Waals surface area contributed by atoms with Gasteiger partial charge in [0.1, 0.15) is 5.56 Å². The van der Waals surface area contributed by atoms with Crippen molar-refractivity contribution in [1.82, 2.24) is 5.32 Å². The highest BCUT2D eigenvalue weighted by molar-refractivity contribution is 5.98. The molecule has 1 N–H and O–H groups in total. The van der Waals surface area contributed by atoms with Crippen LogP contribution in [-0.4, -0.2) is 17.4 Å². The highest BCUT2D eigenvalue weighted by atomic mass is 19.2. The number of benzene rings is 1. The molecule has 0 aromatic heterocycles. The molecule has 0 bridgehead atoms. The average molecular weight is 244 g/mol. The van der Waals surface area contributed by atoms with E-state index in [1.807, 2.05) is 0 Å². The van der Waals surface area contributed by atoms with E-state index in [1.54, 1.807) is 6.92 Å². The smallest absolute Gasteiger partial charge is 0.285 e. The van der Waals surface area contributed by atoms with Gasteiger partial charge in [-0.25, -0.2) is 8.78 Å². The van der Waals surface area contributed by atoms with Crippen LogP contribution in [0.15, 0.2) is 12.1 Å². The molecule has 0 radical (unpaired) electrons. The number of rotatable bonds is 4. The minimum Gasteiger partial charge on any atom is -0.352 e. The van der Waals surface area contributed by atoms with Gasteiger partial charge < -0.3 is 5.32 Å². The number of nitrogens with zero attached hydrogens (tertiary/aromatic N) is 1. The molecule has 7 heteroatoms. The number of halogens is 2. The third-order valence-corrected chi connectivity index (χ3v) is 2.02. The summed E-state index contributed by atoms with van der Waals surface area (Å²) in [5, 5.41) is 13.0. The molecule has 0 aliphatic rings. The van der Waals surface area contributed by atoms with E-state index in [0.717, 1.165) is 0 Å². The Kier molecular flexibility index (Phi) is 4.08. The maximum atomic E-state index is 12.9. The summed E-state index contributed by atoms with van der Waals surface area (Å²) in [5.41, 5.74) is -1.24. The second kappa shape index (κ2) is 5.33. The lowest BCUT2D eigenvalue weighted by atomic mass is 10.1. The molecule has 0 aliphatic carbocycles. The second-order valence-electron chi connectivity index (χ2n) is 3.30. The highest BCUT2D eigenvalue weighted by Gasteiger charge is 2.23. The van der Waals surface area contributed by atoms with Crippen LogP contribution in [0, 0.1) is 21.7 Å². The fourth-order valence-electron chi connectivity index (χ4n) is 1.20. The Morgan fingerprint density at radius 3 is 2.53 bits per heavy atom. The fourth-order valence-corrected chi connectivity index (χ4v) is 1.20. The molecule has 1 amide bonds. The standard InChI is InChI=1S/C10H10F2N2O3/c1-2-3-13-10(15)6-4-7(11)8(12)5-9(6)14(16)17/h4-5H,2-3H2,1H3,(H,13,15). The SMILES string of the molecule is CCCNC(=O)c1cc(F)c(F)cc1[N+](=O)[O-]. The van der Waals surface area contributed by atoms with Crippen molar-refractivity contribution in [1.29, 1.82) is 0 Å². The summed E-state index contributed by atoms with van der Waals surface area (Å²) in [6.07, 6.45) is 0.628. The predicted molar refractivity (Wildman–Crippen MR) is 55.6 cm³/mol. The molecule has 1 aromatic rings. The molecule has 0 spiro atoms. The predicted octanol–water partition coefficient (Wildman–Crippen LogP) is 2.01. The minimum atomic E-state index is -1.36. The lowest BCUT2D eigenvalue weighted by Gasteiger charge is -2.04. The first-order valence-corrected chi connectivity index (χ1v) is 4.89. The molecular weight excluding hydrogens is 234 g/mol. The van der Waals surface area contributed by atoms with Crippen molar-refractivity contribution in [3.63, 3.8) is 0 Å². The summed E-state index contributed by atoms with van der Waals surface area (Å²) in [6.45, 7) is 2.09. The third kappa shape index (κ3) is 2.96. The summed E-state index contributed by atoms with van der Waals surface area (Å²) in [4.78, 5) is 21.2. The Labute approximate surface area is 95.6 Å². The molecule has 5 nitrogen and oxygen atoms in total. The molecule has 0 saturated carbocycles. The molecule has 0 unspecified atom stereocenters. The normalized spacial score (nSPS) is 10.1. The van der Waals surface area contributed by atoms with Crippen LogP contribution < -0.4 is 5.32 Å². The molecule has 0 heterocycles. The first-order chi connectivity index (χ1) is 7.97. The quantitative estimate of drug-likeness (QED) is 0.650. The van der Waals surface area contributed by atoms with E-state index in [1.165, 1.54) is 0 Å². The van der Waals surface area contributed by atoms with Crippen LogP contribution in [0.3, 0.4) is 0 Å². The van der Waals surface area contributed by atoms with Crippen LogP contribution in [0.2, 0.25) is 0 Å². The van der Waals surface area contributed by atoms with Crippen molar-refractivity contribution in [3.8, 4) is 0 Å². The molecule has 0 saturated heterocycles. The van der Waals surface area contributed by atoms with Gasteiger partial charge in [-0.1, -0.05) is 6.92 Å². The molecule has 1 rings (SSSR count). The number of hydrogen-bond donors (Lipinski definition) is 1. The Morgan fingerprint density at radius 2 is 2.00 bits per heavy atom. The molecule has 1 aromatic carbocycles. The van der Waals surface area contributed by atoms with E-state index >= 15 is 0 Å². The average Bonchev–Trinajstić information content (AvgIpc) is 2.28. The monoisotopic (exact) mass is 244 g/mol. The van der Waals surface area contributed by atoms with Crippen LogP contribution in [0.1, 0.15) is 23.7 Å². The highest BCUT2D eigenvalue weighted by Crippen LogP contribution is 2.22. The van der Waals surface area contributed by atoms with Gasteiger partial charge in [-0.05, 0) is 12.5 Å². The van der Waals surface area contributed by atoms with E-state index in [-0.39, 0.29) is 0 Å². The van der Waals surface area contributed by atoms with Crippen LogP contribution in [0.5, 0.6) is 0 Å². The van der Waals surface area contributed by atoms with Crippen molar-refractivity contribution >= 4 is 11.6 Å². The van der Waals surface area contributed by atoms with E-state index < -0.39 is 33.7 Å². The Morgan fingerprint density at radius 1 is 1.41 bits per heavy atom. The zero-order chi connectivity index (χ0) is 13.0. The van der Waals surface area contributed by atoms with Gasteiger partial charge in [0.2, 0.25) is 0 Å². The van der Waals surface area contributed by atoms with Gasteiger partial charge in [-0.15, -0.1) is 0 Å². The maximum absolute atomic E-state index is 12.9. The van der Waals surface area contributed by atoms with Gasteiger partial charge >= 0.3 is 0 Å². The summed E-state index contributed by atoms with van der Waals surface area (Å²) < 4.78 is 25.8. The van der Waals surface area contributed by atoms with Crippen LogP contribution in [0.25, 0.3) is 0 Å². The van der Waals surface area contributed by atoms with Crippen LogP contribution >= 0.6 is 0 Å². The zero-order valence-electron chi connectivity index (χ0n) is 9.00. The minimum absolute atomic E-state index is 0.301. The number of hydrogen-bond acceptors (Lipinski definition) is 3. The van der Waals surface area contributed by atoms with Gasteiger partial charge in [-0.2, -0.15) is 0 Å². The van der Waals surface area contributed by atoms with E-state index in [4.69, 9.17) is 0 Å².